The second-order valence-corrected chi connectivity index (χ2v) is 8.29. The van der Waals surface area contributed by atoms with Crippen LogP contribution in [0.3, 0.4) is 0 Å². The van der Waals surface area contributed by atoms with Crippen molar-refractivity contribution in [3.63, 3.8) is 0 Å². The summed E-state index contributed by atoms with van der Waals surface area (Å²) >= 11 is 0. The van der Waals surface area contributed by atoms with Crippen LogP contribution in [-0.2, 0) is 14.8 Å². The molecule has 0 saturated heterocycles. The number of nitrogens with one attached hydrogen (secondary N) is 1. The van der Waals surface area contributed by atoms with E-state index in [1.807, 2.05) is 32.0 Å². The normalized spacial score (nSPS) is 16.0. The van der Waals surface area contributed by atoms with E-state index >= 15 is 0 Å². The Hall–Kier alpha value is -1.40. The lowest BCUT2D eigenvalue weighted by Crippen LogP contribution is -2.39. The fraction of sp³-hybridized carbons (Fsp3) is 0.588. The van der Waals surface area contributed by atoms with Gasteiger partial charge in [-0.1, -0.05) is 25.0 Å². The van der Waals surface area contributed by atoms with Crippen molar-refractivity contribution < 1.29 is 13.2 Å². The van der Waals surface area contributed by atoms with Gasteiger partial charge in [0, 0.05) is 24.7 Å². The first kappa shape index (κ1) is 17.9. The average molecular weight is 338 g/mol. The van der Waals surface area contributed by atoms with Gasteiger partial charge in [0.2, 0.25) is 15.9 Å². The molecule has 0 heterocycles. The van der Waals surface area contributed by atoms with E-state index in [2.05, 4.69) is 5.32 Å². The first-order chi connectivity index (χ1) is 10.8. The van der Waals surface area contributed by atoms with Gasteiger partial charge in [0.25, 0.3) is 0 Å². The topological polar surface area (TPSA) is 66.5 Å². The van der Waals surface area contributed by atoms with Gasteiger partial charge in [0.1, 0.15) is 0 Å². The third-order valence-corrected chi connectivity index (χ3v) is 5.93. The van der Waals surface area contributed by atoms with Gasteiger partial charge in [-0.2, -0.15) is 4.31 Å². The van der Waals surface area contributed by atoms with Gasteiger partial charge in [-0.3, -0.25) is 4.79 Å². The molecule has 1 fully saturated rings. The van der Waals surface area contributed by atoms with Crippen molar-refractivity contribution >= 4 is 21.6 Å². The summed E-state index contributed by atoms with van der Waals surface area (Å²) in [5, 5.41) is 2.89. The molecular weight excluding hydrogens is 312 g/mol. The maximum absolute atomic E-state index is 12.2. The summed E-state index contributed by atoms with van der Waals surface area (Å²) in [6.45, 7) is 4.21. The number of anilines is 1. The highest BCUT2D eigenvalue weighted by molar-refractivity contribution is 7.88. The lowest BCUT2D eigenvalue weighted by atomic mass is 10.1. The molecule has 0 spiro atoms. The van der Waals surface area contributed by atoms with Crippen LogP contribution >= 0.6 is 0 Å². The van der Waals surface area contributed by atoms with Crippen molar-refractivity contribution in [3.8, 4) is 0 Å². The number of nitrogens with zero attached hydrogens (tertiary/aromatic N) is 1. The minimum atomic E-state index is -3.28. The summed E-state index contributed by atoms with van der Waals surface area (Å²) in [4.78, 5) is 12.2. The molecule has 5 nitrogen and oxygen atoms in total. The molecule has 0 aliphatic heterocycles. The number of aryl methyl sites for hydroxylation is 1. The van der Waals surface area contributed by atoms with E-state index in [0.717, 1.165) is 42.5 Å². The van der Waals surface area contributed by atoms with E-state index in [0.29, 0.717) is 0 Å². The van der Waals surface area contributed by atoms with Crippen molar-refractivity contribution in [2.45, 2.75) is 52.0 Å². The molecule has 1 aromatic rings. The van der Waals surface area contributed by atoms with E-state index in [9.17, 15) is 13.2 Å². The van der Waals surface area contributed by atoms with Gasteiger partial charge in [0.05, 0.1) is 6.26 Å². The molecule has 23 heavy (non-hydrogen) atoms. The monoisotopic (exact) mass is 338 g/mol. The SMILES string of the molecule is Cc1cccc(NC(=O)CCN(C2CCCC2)S(C)(=O)=O)c1C. The van der Waals surface area contributed by atoms with Crippen molar-refractivity contribution in [3.05, 3.63) is 29.3 Å². The van der Waals surface area contributed by atoms with Crippen molar-refractivity contribution in [1.29, 1.82) is 0 Å². The van der Waals surface area contributed by atoms with Crippen molar-refractivity contribution in [1.82, 2.24) is 4.31 Å². The van der Waals surface area contributed by atoms with Crippen LogP contribution in [0.15, 0.2) is 18.2 Å². The lowest BCUT2D eigenvalue weighted by Gasteiger charge is -2.26. The average Bonchev–Trinajstić information content (AvgIpc) is 2.96. The number of amides is 1. The minimum absolute atomic E-state index is 0.0542. The third-order valence-electron chi connectivity index (χ3n) is 4.60. The molecule has 128 valence electrons. The molecule has 1 amide bonds. The smallest absolute Gasteiger partial charge is 0.225 e. The van der Waals surface area contributed by atoms with Gasteiger partial charge in [-0.25, -0.2) is 8.42 Å². The first-order valence-electron chi connectivity index (χ1n) is 8.12. The first-order valence-corrected chi connectivity index (χ1v) is 9.97. The fourth-order valence-electron chi connectivity index (χ4n) is 3.12. The highest BCUT2D eigenvalue weighted by atomic mass is 32.2. The molecule has 0 unspecified atom stereocenters. The molecule has 1 saturated carbocycles. The summed E-state index contributed by atoms with van der Waals surface area (Å²) in [5.74, 6) is -0.148. The standard InChI is InChI=1S/C17H26N2O3S/c1-13-7-6-10-16(14(13)2)18-17(20)11-12-19(23(3,21)22)15-8-4-5-9-15/h6-7,10,15H,4-5,8-9,11-12H2,1-3H3,(H,18,20). The maximum Gasteiger partial charge on any atom is 0.225 e. The number of hydrogen-bond donors (Lipinski definition) is 1. The largest absolute Gasteiger partial charge is 0.326 e. The predicted octanol–water partition coefficient (Wildman–Crippen LogP) is 2.84. The van der Waals surface area contributed by atoms with E-state index in [4.69, 9.17) is 0 Å². The number of rotatable bonds is 6. The number of carbonyl (C=O) groups excluding carboxylic acids is 1. The molecule has 0 aromatic heterocycles. The molecule has 0 atom stereocenters. The molecule has 0 radical (unpaired) electrons. The summed E-state index contributed by atoms with van der Waals surface area (Å²) in [6.07, 6.45) is 5.32. The molecule has 1 aliphatic rings. The second-order valence-electron chi connectivity index (χ2n) is 6.36. The minimum Gasteiger partial charge on any atom is -0.326 e. The van der Waals surface area contributed by atoms with Crippen LogP contribution in [0.25, 0.3) is 0 Å². The second kappa shape index (κ2) is 7.45. The molecule has 1 N–H and O–H groups in total. The molecule has 6 heteroatoms. The predicted molar refractivity (Wildman–Crippen MR) is 93.0 cm³/mol. The Morgan fingerprint density at radius 2 is 1.91 bits per heavy atom. The van der Waals surface area contributed by atoms with E-state index < -0.39 is 10.0 Å². The van der Waals surface area contributed by atoms with Gasteiger partial charge < -0.3 is 5.32 Å². The number of benzene rings is 1. The molecule has 1 aliphatic carbocycles. The van der Waals surface area contributed by atoms with Crippen LogP contribution in [0.1, 0.15) is 43.2 Å². The van der Waals surface area contributed by atoms with Gasteiger partial charge >= 0.3 is 0 Å². The van der Waals surface area contributed by atoms with Crippen LogP contribution in [0.2, 0.25) is 0 Å². The van der Waals surface area contributed by atoms with Crippen molar-refractivity contribution in [2.24, 2.45) is 0 Å². The van der Waals surface area contributed by atoms with Crippen molar-refractivity contribution in [2.75, 3.05) is 18.1 Å². The van der Waals surface area contributed by atoms with Crippen LogP contribution < -0.4 is 5.32 Å². The Bertz CT molecular complexity index is 664. The van der Waals surface area contributed by atoms with Gasteiger partial charge in [-0.15, -0.1) is 0 Å². The summed E-state index contributed by atoms with van der Waals surface area (Å²) in [6, 6.07) is 5.82. The Balaban J connectivity index is 1.97. The van der Waals surface area contributed by atoms with Gasteiger partial charge in [0.15, 0.2) is 0 Å². The Morgan fingerprint density at radius 1 is 1.26 bits per heavy atom. The quantitative estimate of drug-likeness (QED) is 0.867. The van der Waals surface area contributed by atoms with E-state index in [1.54, 1.807) is 0 Å². The number of sulfonamides is 1. The van der Waals surface area contributed by atoms with Crippen LogP contribution in [0, 0.1) is 13.8 Å². The summed E-state index contributed by atoms with van der Waals surface area (Å²) < 4.78 is 25.5. The summed E-state index contributed by atoms with van der Waals surface area (Å²) in [7, 11) is -3.28. The lowest BCUT2D eigenvalue weighted by molar-refractivity contribution is -0.116. The highest BCUT2D eigenvalue weighted by Gasteiger charge is 2.29. The fourth-order valence-corrected chi connectivity index (χ4v) is 4.30. The molecule has 0 bridgehead atoms. The molecular formula is C17H26N2O3S. The summed E-state index contributed by atoms with van der Waals surface area (Å²) in [5.41, 5.74) is 2.95. The Morgan fingerprint density at radius 3 is 2.52 bits per heavy atom. The zero-order valence-electron chi connectivity index (χ0n) is 14.1. The van der Waals surface area contributed by atoms with Crippen LogP contribution in [-0.4, -0.2) is 37.5 Å². The third kappa shape index (κ3) is 4.78. The zero-order chi connectivity index (χ0) is 17.0. The number of carbonyl (C=O) groups is 1. The Kier molecular flexibility index (Phi) is 5.81. The number of hydrogen-bond acceptors (Lipinski definition) is 3. The van der Waals surface area contributed by atoms with Crippen LogP contribution in [0.4, 0.5) is 5.69 Å². The molecule has 2 rings (SSSR count). The van der Waals surface area contributed by atoms with Crippen LogP contribution in [0.5, 0.6) is 0 Å². The van der Waals surface area contributed by atoms with E-state index in [-0.39, 0.29) is 24.9 Å². The molecule has 1 aromatic carbocycles. The Labute approximate surface area is 139 Å². The highest BCUT2D eigenvalue weighted by Crippen LogP contribution is 2.25. The van der Waals surface area contributed by atoms with E-state index in [1.165, 1.54) is 10.6 Å². The maximum atomic E-state index is 12.2. The van der Waals surface area contributed by atoms with Gasteiger partial charge in [-0.05, 0) is 43.9 Å². The zero-order valence-corrected chi connectivity index (χ0v) is 14.9.